The Hall–Kier alpha value is -0.520. The molecule has 1 aliphatic heterocycles. The smallest absolute Gasteiger partial charge is 0.261 e. The number of aryl methyl sites for hydroxylation is 1. The van der Waals surface area contributed by atoms with Gasteiger partial charge in [-0.15, -0.1) is 11.3 Å². The fourth-order valence-electron chi connectivity index (χ4n) is 3.03. The van der Waals surface area contributed by atoms with E-state index in [-0.39, 0.29) is 12.0 Å². The van der Waals surface area contributed by atoms with E-state index in [1.807, 2.05) is 11.8 Å². The van der Waals surface area contributed by atoms with Crippen LogP contribution in [0.1, 0.15) is 45.8 Å². The number of aliphatic hydroxyl groups excluding tert-OH is 1. The summed E-state index contributed by atoms with van der Waals surface area (Å²) in [7, 11) is 0. The molecule has 3 rings (SSSR count). The van der Waals surface area contributed by atoms with Crippen LogP contribution in [0.2, 0.25) is 0 Å². The number of rotatable bonds is 3. The SMILES string of the molecule is O=C(NCC1CCCC(O)C1)c1cc2c(s1)CCSC2. The molecule has 2 N–H and O–H groups in total. The third-order valence-electron chi connectivity index (χ3n) is 4.16. The van der Waals surface area contributed by atoms with Crippen LogP contribution in [0.3, 0.4) is 0 Å². The van der Waals surface area contributed by atoms with E-state index in [9.17, 15) is 9.90 Å². The fraction of sp³-hybridized carbons (Fsp3) is 0.667. The molecule has 0 bridgehead atoms. The van der Waals surface area contributed by atoms with Crippen molar-refractivity contribution < 1.29 is 9.90 Å². The van der Waals surface area contributed by atoms with E-state index < -0.39 is 0 Å². The maximum absolute atomic E-state index is 12.2. The number of hydrogen-bond acceptors (Lipinski definition) is 4. The van der Waals surface area contributed by atoms with Crippen LogP contribution in [-0.4, -0.2) is 29.4 Å². The van der Waals surface area contributed by atoms with E-state index in [0.29, 0.717) is 12.5 Å². The summed E-state index contributed by atoms with van der Waals surface area (Å²) in [5, 5.41) is 12.7. The quantitative estimate of drug-likeness (QED) is 0.902. The van der Waals surface area contributed by atoms with E-state index in [0.717, 1.165) is 42.7 Å². The number of thioether (sulfide) groups is 1. The van der Waals surface area contributed by atoms with Gasteiger partial charge in [-0.2, -0.15) is 11.8 Å². The number of hydrogen-bond donors (Lipinski definition) is 2. The first-order valence-corrected chi connectivity index (χ1v) is 9.35. The van der Waals surface area contributed by atoms with Crippen LogP contribution in [-0.2, 0) is 12.2 Å². The molecule has 2 heterocycles. The molecule has 1 aromatic heterocycles. The minimum absolute atomic E-state index is 0.0643. The van der Waals surface area contributed by atoms with Crippen LogP contribution in [0.25, 0.3) is 0 Å². The standard InChI is InChI=1S/C15H21NO2S2/c17-12-3-1-2-10(6-12)8-16-15(18)14-7-11-9-19-5-4-13(11)20-14/h7,10,12,17H,1-6,8-9H2,(H,16,18). The Morgan fingerprint density at radius 2 is 2.35 bits per heavy atom. The highest BCUT2D eigenvalue weighted by Crippen LogP contribution is 2.31. The zero-order valence-corrected chi connectivity index (χ0v) is 13.2. The molecular weight excluding hydrogens is 290 g/mol. The molecule has 0 radical (unpaired) electrons. The van der Waals surface area contributed by atoms with Crippen LogP contribution in [0.4, 0.5) is 0 Å². The van der Waals surface area contributed by atoms with Crippen molar-refractivity contribution in [3.63, 3.8) is 0 Å². The van der Waals surface area contributed by atoms with E-state index >= 15 is 0 Å². The summed E-state index contributed by atoms with van der Waals surface area (Å²) >= 11 is 3.60. The van der Waals surface area contributed by atoms with Crippen molar-refractivity contribution in [3.05, 3.63) is 21.4 Å². The first-order chi connectivity index (χ1) is 9.72. The molecule has 2 atom stereocenters. The minimum Gasteiger partial charge on any atom is -0.393 e. The van der Waals surface area contributed by atoms with Crippen molar-refractivity contribution in [3.8, 4) is 0 Å². The lowest BCUT2D eigenvalue weighted by Crippen LogP contribution is -2.32. The Balaban J connectivity index is 1.55. The first-order valence-electron chi connectivity index (χ1n) is 7.38. The minimum atomic E-state index is -0.170. The van der Waals surface area contributed by atoms with Gasteiger partial charge in [0, 0.05) is 17.2 Å². The maximum Gasteiger partial charge on any atom is 0.261 e. The fourth-order valence-corrected chi connectivity index (χ4v) is 5.32. The van der Waals surface area contributed by atoms with Gasteiger partial charge < -0.3 is 10.4 Å². The van der Waals surface area contributed by atoms with Gasteiger partial charge in [-0.3, -0.25) is 4.79 Å². The Morgan fingerprint density at radius 1 is 1.45 bits per heavy atom. The zero-order valence-electron chi connectivity index (χ0n) is 11.6. The van der Waals surface area contributed by atoms with Crippen molar-refractivity contribution in [2.75, 3.05) is 12.3 Å². The van der Waals surface area contributed by atoms with Crippen LogP contribution in [0, 0.1) is 5.92 Å². The zero-order chi connectivity index (χ0) is 13.9. The summed E-state index contributed by atoms with van der Waals surface area (Å²) in [6, 6.07) is 2.07. The van der Waals surface area contributed by atoms with Gasteiger partial charge in [0.25, 0.3) is 5.91 Å². The largest absolute Gasteiger partial charge is 0.393 e. The van der Waals surface area contributed by atoms with Crippen molar-refractivity contribution in [2.24, 2.45) is 5.92 Å². The number of carbonyl (C=O) groups excluding carboxylic acids is 1. The van der Waals surface area contributed by atoms with E-state index in [1.54, 1.807) is 11.3 Å². The molecule has 1 aliphatic carbocycles. The van der Waals surface area contributed by atoms with Gasteiger partial charge in [-0.1, -0.05) is 6.42 Å². The highest BCUT2D eigenvalue weighted by molar-refractivity contribution is 7.98. The van der Waals surface area contributed by atoms with Crippen LogP contribution in [0.5, 0.6) is 0 Å². The first kappa shape index (κ1) is 14.4. The third kappa shape index (κ3) is 3.38. The normalized spacial score (nSPS) is 26.1. The molecular formula is C15H21NO2S2. The molecule has 1 fully saturated rings. The van der Waals surface area contributed by atoms with E-state index in [4.69, 9.17) is 0 Å². The molecule has 1 saturated carbocycles. The number of nitrogens with one attached hydrogen (secondary N) is 1. The molecule has 0 aromatic carbocycles. The van der Waals surface area contributed by atoms with Crippen LogP contribution < -0.4 is 5.32 Å². The summed E-state index contributed by atoms with van der Waals surface area (Å²) < 4.78 is 0. The summed E-state index contributed by atoms with van der Waals surface area (Å²) in [6.07, 6.45) is 4.88. The maximum atomic E-state index is 12.2. The summed E-state index contributed by atoms with van der Waals surface area (Å²) in [5.74, 6) is 2.73. The van der Waals surface area contributed by atoms with Gasteiger partial charge in [-0.05, 0) is 49.0 Å². The highest BCUT2D eigenvalue weighted by Gasteiger charge is 2.22. The molecule has 5 heteroatoms. The van der Waals surface area contributed by atoms with Gasteiger partial charge in [0.15, 0.2) is 0 Å². The number of fused-ring (bicyclic) bond motifs is 1. The Morgan fingerprint density at radius 3 is 3.15 bits per heavy atom. The van der Waals surface area contributed by atoms with Gasteiger partial charge in [0.1, 0.15) is 0 Å². The molecule has 1 amide bonds. The molecule has 0 spiro atoms. The number of amides is 1. The molecule has 20 heavy (non-hydrogen) atoms. The van der Waals surface area contributed by atoms with Crippen molar-refractivity contribution in [1.29, 1.82) is 0 Å². The molecule has 2 unspecified atom stereocenters. The Labute approximate surface area is 128 Å². The third-order valence-corrected chi connectivity index (χ3v) is 6.40. The molecule has 1 aromatic rings. The Kier molecular flexibility index (Phi) is 4.68. The molecule has 2 aliphatic rings. The van der Waals surface area contributed by atoms with Gasteiger partial charge in [0.2, 0.25) is 0 Å². The average Bonchev–Trinajstić information content (AvgIpc) is 2.89. The van der Waals surface area contributed by atoms with Gasteiger partial charge in [-0.25, -0.2) is 0 Å². The van der Waals surface area contributed by atoms with Crippen LogP contribution in [0.15, 0.2) is 6.07 Å². The summed E-state index contributed by atoms with van der Waals surface area (Å²) in [6.45, 7) is 0.702. The predicted octanol–water partition coefficient (Wildman–Crippen LogP) is 2.82. The Bertz CT molecular complexity index is 463. The second-order valence-electron chi connectivity index (χ2n) is 5.76. The van der Waals surface area contributed by atoms with Gasteiger partial charge in [0.05, 0.1) is 11.0 Å². The second kappa shape index (κ2) is 6.50. The summed E-state index contributed by atoms with van der Waals surface area (Å²) in [5.41, 5.74) is 1.35. The topological polar surface area (TPSA) is 49.3 Å². The monoisotopic (exact) mass is 311 g/mol. The van der Waals surface area contributed by atoms with Crippen molar-refractivity contribution >= 4 is 29.0 Å². The van der Waals surface area contributed by atoms with Gasteiger partial charge >= 0.3 is 0 Å². The lowest BCUT2D eigenvalue weighted by Gasteiger charge is -2.25. The predicted molar refractivity (Wildman–Crippen MR) is 84.5 cm³/mol. The number of carbonyl (C=O) groups is 1. The highest BCUT2D eigenvalue weighted by atomic mass is 32.2. The lowest BCUT2D eigenvalue weighted by atomic mass is 9.87. The van der Waals surface area contributed by atoms with E-state index in [2.05, 4.69) is 11.4 Å². The second-order valence-corrected chi connectivity index (χ2v) is 8.00. The molecule has 0 saturated heterocycles. The molecule has 110 valence electrons. The van der Waals surface area contributed by atoms with Crippen molar-refractivity contribution in [1.82, 2.24) is 5.32 Å². The number of thiophene rings is 1. The van der Waals surface area contributed by atoms with Crippen LogP contribution >= 0.6 is 23.1 Å². The van der Waals surface area contributed by atoms with E-state index in [1.165, 1.54) is 16.2 Å². The lowest BCUT2D eigenvalue weighted by molar-refractivity contribution is 0.0876. The average molecular weight is 311 g/mol. The van der Waals surface area contributed by atoms with Crippen molar-refractivity contribution in [2.45, 2.75) is 44.0 Å². The molecule has 3 nitrogen and oxygen atoms in total. The summed E-state index contributed by atoms with van der Waals surface area (Å²) in [4.78, 5) is 14.5. The number of aliphatic hydroxyl groups is 1.